The minimum atomic E-state index is -0.0584. The van der Waals surface area contributed by atoms with E-state index >= 15 is 0 Å². The second-order valence-electron chi connectivity index (χ2n) is 3.74. The molecule has 1 aliphatic rings. The predicted molar refractivity (Wildman–Crippen MR) is 51.0 cm³/mol. The van der Waals surface area contributed by atoms with Crippen LogP contribution in [0.15, 0.2) is 12.1 Å². The molecule has 1 aliphatic carbocycles. The number of benzene rings is 1. The lowest BCUT2D eigenvalue weighted by Crippen LogP contribution is -2.08. The molecule has 0 bridgehead atoms. The van der Waals surface area contributed by atoms with Gasteiger partial charge in [0.2, 0.25) is 0 Å². The fourth-order valence-electron chi connectivity index (χ4n) is 2.12. The summed E-state index contributed by atoms with van der Waals surface area (Å²) in [7, 11) is 0. The van der Waals surface area contributed by atoms with E-state index in [1.165, 1.54) is 0 Å². The molecule has 1 unspecified atom stereocenters. The Balaban J connectivity index is 2.56. The molecular formula is C11H14FN. The van der Waals surface area contributed by atoms with Gasteiger partial charge in [-0.15, -0.1) is 0 Å². The molecule has 2 N–H and O–H groups in total. The molecule has 0 radical (unpaired) electrons. The van der Waals surface area contributed by atoms with Gasteiger partial charge in [-0.1, -0.05) is 6.07 Å². The molecule has 1 atom stereocenters. The first-order chi connectivity index (χ1) is 6.20. The molecule has 0 heterocycles. The van der Waals surface area contributed by atoms with Crippen LogP contribution in [-0.2, 0) is 12.8 Å². The summed E-state index contributed by atoms with van der Waals surface area (Å²) in [6.45, 7) is 1.95. The molecule has 0 saturated heterocycles. The topological polar surface area (TPSA) is 26.0 Å². The van der Waals surface area contributed by atoms with Crippen LogP contribution in [0.2, 0.25) is 0 Å². The zero-order valence-corrected chi connectivity index (χ0v) is 7.81. The van der Waals surface area contributed by atoms with Crippen LogP contribution in [0.5, 0.6) is 0 Å². The molecule has 0 spiro atoms. The van der Waals surface area contributed by atoms with E-state index in [0.29, 0.717) is 0 Å². The van der Waals surface area contributed by atoms with Crippen molar-refractivity contribution in [3.05, 3.63) is 34.6 Å². The van der Waals surface area contributed by atoms with E-state index < -0.39 is 0 Å². The molecular weight excluding hydrogens is 165 g/mol. The van der Waals surface area contributed by atoms with Gasteiger partial charge in [-0.2, -0.15) is 0 Å². The van der Waals surface area contributed by atoms with E-state index in [1.54, 1.807) is 6.07 Å². The Labute approximate surface area is 77.8 Å². The molecule has 0 amide bonds. The van der Waals surface area contributed by atoms with E-state index in [-0.39, 0.29) is 11.9 Å². The maximum Gasteiger partial charge on any atom is 0.126 e. The summed E-state index contributed by atoms with van der Waals surface area (Å²) in [5.74, 6) is -0.0584. The monoisotopic (exact) mass is 179 g/mol. The molecule has 13 heavy (non-hydrogen) atoms. The van der Waals surface area contributed by atoms with Gasteiger partial charge in [-0.3, -0.25) is 0 Å². The highest BCUT2D eigenvalue weighted by molar-refractivity contribution is 5.40. The van der Waals surface area contributed by atoms with E-state index in [0.717, 1.165) is 36.0 Å². The van der Waals surface area contributed by atoms with Crippen molar-refractivity contribution in [2.45, 2.75) is 32.2 Å². The van der Waals surface area contributed by atoms with Gasteiger partial charge in [0.1, 0.15) is 5.82 Å². The predicted octanol–water partition coefficient (Wildman–Crippen LogP) is 2.33. The second-order valence-corrected chi connectivity index (χ2v) is 3.74. The zero-order chi connectivity index (χ0) is 9.42. The first kappa shape index (κ1) is 8.70. The highest BCUT2D eigenvalue weighted by Gasteiger charge is 2.19. The van der Waals surface area contributed by atoms with Gasteiger partial charge in [-0.05, 0) is 48.9 Å². The SMILES string of the molecule is CC(N)c1ccc(F)c2c1CCC2. The van der Waals surface area contributed by atoms with Gasteiger partial charge < -0.3 is 5.73 Å². The van der Waals surface area contributed by atoms with Crippen molar-refractivity contribution in [2.24, 2.45) is 5.73 Å². The standard InChI is InChI=1S/C11H14FN/c1-7(13)8-5-6-11(12)10-4-2-3-9(8)10/h5-7H,2-4,13H2,1H3. The Morgan fingerprint density at radius 3 is 2.69 bits per heavy atom. The largest absolute Gasteiger partial charge is 0.324 e. The van der Waals surface area contributed by atoms with E-state index in [4.69, 9.17) is 5.73 Å². The first-order valence-electron chi connectivity index (χ1n) is 4.76. The quantitative estimate of drug-likeness (QED) is 0.703. The minimum Gasteiger partial charge on any atom is -0.324 e. The lowest BCUT2D eigenvalue weighted by molar-refractivity contribution is 0.610. The van der Waals surface area contributed by atoms with E-state index in [1.807, 2.05) is 13.0 Å². The Kier molecular flexibility index (Phi) is 2.08. The van der Waals surface area contributed by atoms with Crippen LogP contribution in [0.1, 0.15) is 36.1 Å². The van der Waals surface area contributed by atoms with Gasteiger partial charge in [0.05, 0.1) is 0 Å². The summed E-state index contributed by atoms with van der Waals surface area (Å²) in [5, 5.41) is 0. The Hall–Kier alpha value is -0.890. The van der Waals surface area contributed by atoms with Crippen molar-refractivity contribution in [2.75, 3.05) is 0 Å². The van der Waals surface area contributed by atoms with Crippen molar-refractivity contribution in [3.8, 4) is 0 Å². The van der Waals surface area contributed by atoms with Crippen LogP contribution < -0.4 is 5.73 Å². The molecule has 0 fully saturated rings. The summed E-state index contributed by atoms with van der Waals surface area (Å²) in [5.41, 5.74) is 8.99. The molecule has 1 aromatic rings. The molecule has 1 nitrogen and oxygen atoms in total. The molecule has 1 aromatic carbocycles. The zero-order valence-electron chi connectivity index (χ0n) is 7.81. The lowest BCUT2D eigenvalue weighted by Gasteiger charge is -2.12. The smallest absolute Gasteiger partial charge is 0.126 e. The Morgan fingerprint density at radius 2 is 2.00 bits per heavy atom. The maximum absolute atomic E-state index is 13.3. The molecule has 70 valence electrons. The maximum atomic E-state index is 13.3. The van der Waals surface area contributed by atoms with E-state index in [2.05, 4.69) is 0 Å². The number of fused-ring (bicyclic) bond motifs is 1. The number of hydrogen-bond donors (Lipinski definition) is 1. The molecule has 2 rings (SSSR count). The van der Waals surface area contributed by atoms with Crippen LogP contribution in [0.25, 0.3) is 0 Å². The third-order valence-corrected chi connectivity index (χ3v) is 2.75. The van der Waals surface area contributed by atoms with Crippen LogP contribution in [0, 0.1) is 5.82 Å². The van der Waals surface area contributed by atoms with Gasteiger partial charge in [0.15, 0.2) is 0 Å². The lowest BCUT2D eigenvalue weighted by atomic mass is 9.98. The highest BCUT2D eigenvalue weighted by atomic mass is 19.1. The van der Waals surface area contributed by atoms with Crippen molar-refractivity contribution in [1.29, 1.82) is 0 Å². The Bertz CT molecular complexity index is 331. The first-order valence-corrected chi connectivity index (χ1v) is 4.76. The normalized spacial score (nSPS) is 17.2. The van der Waals surface area contributed by atoms with Crippen LogP contribution in [-0.4, -0.2) is 0 Å². The summed E-state index contributed by atoms with van der Waals surface area (Å²) in [6.07, 6.45) is 2.93. The second kappa shape index (κ2) is 3.11. The number of nitrogens with two attached hydrogens (primary N) is 1. The van der Waals surface area contributed by atoms with Crippen LogP contribution >= 0.6 is 0 Å². The van der Waals surface area contributed by atoms with Crippen molar-refractivity contribution >= 4 is 0 Å². The third-order valence-electron chi connectivity index (χ3n) is 2.75. The fraction of sp³-hybridized carbons (Fsp3) is 0.455. The van der Waals surface area contributed by atoms with Gasteiger partial charge in [0, 0.05) is 6.04 Å². The minimum absolute atomic E-state index is 0.0208. The summed E-state index contributed by atoms with van der Waals surface area (Å²) < 4.78 is 13.3. The van der Waals surface area contributed by atoms with Crippen molar-refractivity contribution in [3.63, 3.8) is 0 Å². The summed E-state index contributed by atoms with van der Waals surface area (Å²) >= 11 is 0. The summed E-state index contributed by atoms with van der Waals surface area (Å²) in [4.78, 5) is 0. The van der Waals surface area contributed by atoms with Crippen LogP contribution in [0.4, 0.5) is 4.39 Å². The van der Waals surface area contributed by atoms with Crippen molar-refractivity contribution in [1.82, 2.24) is 0 Å². The molecule has 2 heteroatoms. The van der Waals surface area contributed by atoms with Crippen molar-refractivity contribution < 1.29 is 4.39 Å². The molecule has 0 aliphatic heterocycles. The van der Waals surface area contributed by atoms with Gasteiger partial charge in [-0.25, -0.2) is 4.39 Å². The number of halogens is 1. The third kappa shape index (κ3) is 1.35. The molecule has 0 saturated carbocycles. The fourth-order valence-corrected chi connectivity index (χ4v) is 2.12. The summed E-state index contributed by atoms with van der Waals surface area (Å²) in [6, 6.07) is 3.39. The average Bonchev–Trinajstić information content (AvgIpc) is 2.53. The highest BCUT2D eigenvalue weighted by Crippen LogP contribution is 2.30. The van der Waals surface area contributed by atoms with Gasteiger partial charge >= 0.3 is 0 Å². The number of rotatable bonds is 1. The van der Waals surface area contributed by atoms with E-state index in [9.17, 15) is 4.39 Å². The van der Waals surface area contributed by atoms with Crippen LogP contribution in [0.3, 0.4) is 0 Å². The average molecular weight is 179 g/mol. The molecule has 0 aromatic heterocycles. The number of hydrogen-bond acceptors (Lipinski definition) is 1. The van der Waals surface area contributed by atoms with Gasteiger partial charge in [0.25, 0.3) is 0 Å². The Morgan fingerprint density at radius 1 is 1.31 bits per heavy atom.